The Hall–Kier alpha value is -2.67. The maximum absolute atomic E-state index is 13.4. The predicted octanol–water partition coefficient (Wildman–Crippen LogP) is 3.53. The third-order valence-electron chi connectivity index (χ3n) is 5.80. The minimum absolute atomic E-state index is 0.0317. The van der Waals surface area contributed by atoms with E-state index in [2.05, 4.69) is 46.0 Å². The summed E-state index contributed by atoms with van der Waals surface area (Å²) in [5.41, 5.74) is 3.31. The van der Waals surface area contributed by atoms with Crippen molar-refractivity contribution in [2.24, 2.45) is 5.92 Å². The van der Waals surface area contributed by atoms with Crippen LogP contribution < -0.4 is 9.80 Å². The summed E-state index contributed by atoms with van der Waals surface area (Å²) in [5.74, 6) is 0.0377. The number of anilines is 2. The number of amides is 1. The Morgan fingerprint density at radius 3 is 2.62 bits per heavy atom. The quantitative estimate of drug-likeness (QED) is 0.662. The maximum atomic E-state index is 13.4. The van der Waals surface area contributed by atoms with Crippen molar-refractivity contribution in [1.82, 2.24) is 9.88 Å². The lowest BCUT2D eigenvalue weighted by Crippen LogP contribution is -2.58. The Bertz CT molecular complexity index is 1050. The molecular formula is C22H23FN4OS. The lowest BCUT2D eigenvalue weighted by molar-refractivity contribution is -0.136. The molecule has 0 atom stereocenters. The zero-order chi connectivity index (χ0) is 20.0. The first-order valence-corrected chi connectivity index (χ1v) is 10.8. The molecule has 0 unspecified atom stereocenters. The highest BCUT2D eigenvalue weighted by Gasteiger charge is 2.37. The van der Waals surface area contributed by atoms with Gasteiger partial charge in [0.25, 0.3) is 0 Å². The number of benzene rings is 2. The van der Waals surface area contributed by atoms with Crippen LogP contribution in [0, 0.1) is 18.7 Å². The molecule has 2 fully saturated rings. The van der Waals surface area contributed by atoms with Gasteiger partial charge >= 0.3 is 0 Å². The van der Waals surface area contributed by atoms with Crippen molar-refractivity contribution in [3.63, 3.8) is 0 Å². The number of piperazine rings is 1. The third kappa shape index (κ3) is 3.55. The zero-order valence-electron chi connectivity index (χ0n) is 16.3. The van der Waals surface area contributed by atoms with E-state index in [1.807, 2.05) is 4.90 Å². The smallest absolute Gasteiger partial charge is 0.229 e. The van der Waals surface area contributed by atoms with Crippen LogP contribution in [-0.4, -0.2) is 55.1 Å². The van der Waals surface area contributed by atoms with E-state index in [-0.39, 0.29) is 17.6 Å². The molecular weight excluding hydrogens is 387 g/mol. The van der Waals surface area contributed by atoms with Crippen LogP contribution in [0.2, 0.25) is 0 Å². The van der Waals surface area contributed by atoms with Gasteiger partial charge < -0.3 is 14.7 Å². The van der Waals surface area contributed by atoms with E-state index in [0.717, 1.165) is 41.5 Å². The number of hydrogen-bond acceptors (Lipinski definition) is 5. The number of aryl methyl sites for hydroxylation is 1. The van der Waals surface area contributed by atoms with Gasteiger partial charge in [-0.25, -0.2) is 9.37 Å². The highest BCUT2D eigenvalue weighted by Crippen LogP contribution is 2.34. The number of aromatic nitrogens is 1. The summed E-state index contributed by atoms with van der Waals surface area (Å²) in [6.45, 7) is 6.77. The van der Waals surface area contributed by atoms with E-state index < -0.39 is 0 Å². The molecule has 5 nitrogen and oxygen atoms in total. The van der Waals surface area contributed by atoms with Gasteiger partial charge in [0.1, 0.15) is 5.82 Å². The van der Waals surface area contributed by atoms with Gasteiger partial charge in [-0.05, 0) is 42.8 Å². The topological polar surface area (TPSA) is 39.7 Å². The molecule has 0 saturated carbocycles. The van der Waals surface area contributed by atoms with Gasteiger partial charge in [0.05, 0.1) is 16.1 Å². The van der Waals surface area contributed by atoms with Crippen molar-refractivity contribution in [2.45, 2.75) is 6.92 Å². The van der Waals surface area contributed by atoms with Crippen LogP contribution in [-0.2, 0) is 4.79 Å². The van der Waals surface area contributed by atoms with Crippen molar-refractivity contribution < 1.29 is 9.18 Å². The van der Waals surface area contributed by atoms with Crippen molar-refractivity contribution >= 4 is 38.3 Å². The number of hydrogen-bond donors (Lipinski definition) is 0. The highest BCUT2D eigenvalue weighted by atomic mass is 32.1. The van der Waals surface area contributed by atoms with Gasteiger partial charge in [-0.2, -0.15) is 0 Å². The molecule has 150 valence electrons. The average Bonchev–Trinajstić information content (AvgIpc) is 3.09. The summed E-state index contributed by atoms with van der Waals surface area (Å²) in [6, 6.07) is 13.2. The summed E-state index contributed by atoms with van der Waals surface area (Å²) >= 11 is 1.49. The molecule has 2 saturated heterocycles. The largest absolute Gasteiger partial charge is 0.368 e. The first kappa shape index (κ1) is 18.4. The van der Waals surface area contributed by atoms with E-state index in [1.165, 1.54) is 34.7 Å². The Labute approximate surface area is 173 Å². The number of rotatable bonds is 3. The summed E-state index contributed by atoms with van der Waals surface area (Å²) in [4.78, 5) is 23.9. The molecule has 3 aromatic rings. The van der Waals surface area contributed by atoms with Crippen molar-refractivity contribution in [1.29, 1.82) is 0 Å². The first-order valence-electron chi connectivity index (χ1n) is 9.98. The first-order chi connectivity index (χ1) is 14.1. The minimum Gasteiger partial charge on any atom is -0.368 e. The lowest BCUT2D eigenvalue weighted by atomic mass is 9.99. The molecule has 1 amide bonds. The van der Waals surface area contributed by atoms with Crippen molar-refractivity contribution in [3.05, 3.63) is 53.8 Å². The van der Waals surface area contributed by atoms with E-state index in [0.29, 0.717) is 13.1 Å². The van der Waals surface area contributed by atoms with Crippen molar-refractivity contribution in [3.8, 4) is 0 Å². The fraction of sp³-hybridized carbons (Fsp3) is 0.364. The molecule has 0 N–H and O–H groups in total. The molecule has 29 heavy (non-hydrogen) atoms. The van der Waals surface area contributed by atoms with Gasteiger partial charge in [-0.15, -0.1) is 0 Å². The molecule has 5 rings (SSSR count). The van der Waals surface area contributed by atoms with E-state index in [1.54, 1.807) is 6.07 Å². The van der Waals surface area contributed by atoms with Crippen LogP contribution in [0.3, 0.4) is 0 Å². The van der Waals surface area contributed by atoms with Gasteiger partial charge in [0.15, 0.2) is 5.13 Å². The van der Waals surface area contributed by atoms with Gasteiger partial charge in [0, 0.05) is 45.0 Å². The standard InChI is InChI=1S/C22H23FN4OS/c1-15-3-2-4-18(11-15)25-7-9-26(10-8-25)21(28)16-13-27(14-16)22-24-19-6-5-17(23)12-20(19)29-22/h2-6,11-12,16H,7-10,13-14H2,1H3. The molecule has 2 aromatic carbocycles. The van der Waals surface area contributed by atoms with Gasteiger partial charge in [-0.1, -0.05) is 23.5 Å². The van der Waals surface area contributed by atoms with E-state index in [9.17, 15) is 9.18 Å². The zero-order valence-corrected chi connectivity index (χ0v) is 17.2. The van der Waals surface area contributed by atoms with Crippen LogP contribution in [0.25, 0.3) is 10.2 Å². The summed E-state index contributed by atoms with van der Waals surface area (Å²) in [5, 5.41) is 0.874. The Kier molecular flexibility index (Phi) is 4.62. The maximum Gasteiger partial charge on any atom is 0.229 e. The molecule has 0 bridgehead atoms. The summed E-state index contributed by atoms with van der Waals surface area (Å²) < 4.78 is 14.2. The predicted molar refractivity (Wildman–Crippen MR) is 115 cm³/mol. The van der Waals surface area contributed by atoms with E-state index in [4.69, 9.17) is 0 Å². The number of nitrogens with zero attached hydrogens (tertiary/aromatic N) is 4. The third-order valence-corrected chi connectivity index (χ3v) is 6.88. The molecule has 2 aliphatic rings. The van der Waals surface area contributed by atoms with E-state index >= 15 is 0 Å². The minimum atomic E-state index is -0.242. The van der Waals surface area contributed by atoms with Crippen LogP contribution in [0.4, 0.5) is 15.2 Å². The molecule has 0 spiro atoms. The fourth-order valence-electron chi connectivity index (χ4n) is 4.08. The van der Waals surface area contributed by atoms with Crippen molar-refractivity contribution in [2.75, 3.05) is 49.1 Å². The monoisotopic (exact) mass is 410 g/mol. The fourth-order valence-corrected chi connectivity index (χ4v) is 5.09. The summed E-state index contributed by atoms with van der Waals surface area (Å²) in [7, 11) is 0. The average molecular weight is 411 g/mol. The van der Waals surface area contributed by atoms with Crippen LogP contribution in [0.1, 0.15) is 5.56 Å². The normalized spacial score (nSPS) is 17.7. The SMILES string of the molecule is Cc1cccc(N2CCN(C(=O)C3CN(c4nc5ccc(F)cc5s4)C3)CC2)c1. The molecule has 7 heteroatoms. The lowest BCUT2D eigenvalue weighted by Gasteiger charge is -2.43. The molecule has 0 radical (unpaired) electrons. The second-order valence-corrected chi connectivity index (χ2v) is 8.87. The van der Waals surface area contributed by atoms with Gasteiger partial charge in [-0.3, -0.25) is 4.79 Å². The number of halogens is 1. The van der Waals surface area contributed by atoms with Crippen LogP contribution in [0.15, 0.2) is 42.5 Å². The van der Waals surface area contributed by atoms with Crippen LogP contribution in [0.5, 0.6) is 0 Å². The number of carbonyl (C=O) groups is 1. The Morgan fingerprint density at radius 2 is 1.86 bits per heavy atom. The molecule has 1 aromatic heterocycles. The van der Waals surface area contributed by atoms with Crippen LogP contribution >= 0.6 is 11.3 Å². The number of fused-ring (bicyclic) bond motifs is 1. The molecule has 2 aliphatic heterocycles. The van der Waals surface area contributed by atoms with Gasteiger partial charge in [0.2, 0.25) is 5.91 Å². The number of carbonyl (C=O) groups excluding carboxylic acids is 1. The Morgan fingerprint density at radius 1 is 1.07 bits per heavy atom. The number of thiazole rings is 1. The molecule has 3 heterocycles. The second-order valence-electron chi connectivity index (χ2n) is 7.86. The Balaban J connectivity index is 1.17. The summed E-state index contributed by atoms with van der Waals surface area (Å²) in [6.07, 6.45) is 0. The second kappa shape index (κ2) is 7.30. The highest BCUT2D eigenvalue weighted by molar-refractivity contribution is 7.22. The molecule has 0 aliphatic carbocycles.